The first-order chi connectivity index (χ1) is 7.07. The SMILES string of the molecule is COc1ccc(CS(=N)(=O)CC#N)cc1. The van der Waals surface area contributed by atoms with Gasteiger partial charge < -0.3 is 4.74 Å². The summed E-state index contributed by atoms with van der Waals surface area (Å²) < 4.78 is 23.9. The third-order valence-electron chi connectivity index (χ3n) is 1.86. The van der Waals surface area contributed by atoms with Gasteiger partial charge in [0, 0.05) is 0 Å². The summed E-state index contributed by atoms with van der Waals surface area (Å²) in [6.07, 6.45) is 0. The smallest absolute Gasteiger partial charge is 0.119 e. The first-order valence-corrected chi connectivity index (χ1v) is 6.21. The van der Waals surface area contributed by atoms with Gasteiger partial charge in [0.1, 0.15) is 11.5 Å². The van der Waals surface area contributed by atoms with E-state index in [0.29, 0.717) is 0 Å². The molecule has 1 unspecified atom stereocenters. The second-order valence-corrected chi connectivity index (χ2v) is 5.31. The number of nitriles is 1. The highest BCUT2D eigenvalue weighted by Gasteiger charge is 2.07. The maximum Gasteiger partial charge on any atom is 0.119 e. The van der Waals surface area contributed by atoms with Crippen molar-refractivity contribution in [3.05, 3.63) is 29.8 Å². The van der Waals surface area contributed by atoms with Crippen LogP contribution in [0.2, 0.25) is 0 Å². The van der Waals surface area contributed by atoms with Gasteiger partial charge in [-0.1, -0.05) is 12.1 Å². The molecule has 1 aromatic carbocycles. The highest BCUT2D eigenvalue weighted by molar-refractivity contribution is 7.91. The van der Waals surface area contributed by atoms with Crippen molar-refractivity contribution in [1.29, 1.82) is 10.0 Å². The van der Waals surface area contributed by atoms with Crippen LogP contribution in [0.1, 0.15) is 5.56 Å². The Balaban J connectivity index is 2.78. The van der Waals surface area contributed by atoms with Crippen molar-refractivity contribution in [2.45, 2.75) is 5.75 Å². The fraction of sp³-hybridized carbons (Fsp3) is 0.300. The molecule has 0 aliphatic carbocycles. The molecule has 4 nitrogen and oxygen atoms in total. The first-order valence-electron chi connectivity index (χ1n) is 4.31. The van der Waals surface area contributed by atoms with Crippen LogP contribution < -0.4 is 4.74 Å². The van der Waals surface area contributed by atoms with Crippen LogP contribution >= 0.6 is 0 Å². The summed E-state index contributed by atoms with van der Waals surface area (Å²) in [6, 6.07) is 8.77. The van der Waals surface area contributed by atoms with Gasteiger partial charge in [0.2, 0.25) is 0 Å². The molecular weight excluding hydrogens is 212 g/mol. The van der Waals surface area contributed by atoms with E-state index in [1.807, 2.05) is 0 Å². The molecule has 0 saturated carbocycles. The van der Waals surface area contributed by atoms with E-state index in [0.717, 1.165) is 11.3 Å². The number of ether oxygens (including phenoxy) is 1. The lowest BCUT2D eigenvalue weighted by atomic mass is 10.2. The third kappa shape index (κ3) is 3.60. The minimum Gasteiger partial charge on any atom is -0.497 e. The monoisotopic (exact) mass is 224 g/mol. The molecule has 1 atom stereocenters. The van der Waals surface area contributed by atoms with Gasteiger partial charge in [-0.3, -0.25) is 4.78 Å². The Bertz CT molecular complexity index is 457. The summed E-state index contributed by atoms with van der Waals surface area (Å²) >= 11 is 0. The largest absolute Gasteiger partial charge is 0.497 e. The van der Waals surface area contributed by atoms with Crippen LogP contribution in [0, 0.1) is 16.1 Å². The molecule has 1 rings (SSSR count). The van der Waals surface area contributed by atoms with E-state index in [9.17, 15) is 4.21 Å². The molecule has 1 aromatic rings. The quantitative estimate of drug-likeness (QED) is 0.846. The number of hydrogen-bond acceptors (Lipinski definition) is 4. The Labute approximate surface area is 89.5 Å². The van der Waals surface area contributed by atoms with Gasteiger partial charge in [0.15, 0.2) is 0 Å². The van der Waals surface area contributed by atoms with Crippen LogP contribution in [-0.2, 0) is 15.5 Å². The fourth-order valence-corrected chi connectivity index (χ4v) is 2.19. The molecule has 0 aliphatic heterocycles. The summed E-state index contributed by atoms with van der Waals surface area (Å²) in [7, 11) is -1.24. The summed E-state index contributed by atoms with van der Waals surface area (Å²) in [6.45, 7) is 0. The number of nitrogens with zero attached hydrogens (tertiary/aromatic N) is 1. The topological polar surface area (TPSA) is 73.9 Å². The number of hydrogen-bond donors (Lipinski definition) is 1. The number of methoxy groups -OCH3 is 1. The predicted molar refractivity (Wildman–Crippen MR) is 58.0 cm³/mol. The van der Waals surface area contributed by atoms with Gasteiger partial charge in [0.25, 0.3) is 0 Å². The highest BCUT2D eigenvalue weighted by atomic mass is 32.2. The van der Waals surface area contributed by atoms with Crippen LogP contribution in [0.5, 0.6) is 5.75 Å². The van der Waals surface area contributed by atoms with Gasteiger partial charge in [-0.25, -0.2) is 4.21 Å². The summed E-state index contributed by atoms with van der Waals surface area (Å²) in [5.41, 5.74) is 0.783. The van der Waals surface area contributed by atoms with Gasteiger partial charge >= 0.3 is 0 Å². The van der Waals surface area contributed by atoms with Gasteiger partial charge in [-0.2, -0.15) is 5.26 Å². The van der Waals surface area contributed by atoms with E-state index < -0.39 is 9.73 Å². The molecule has 0 amide bonds. The molecule has 0 radical (unpaired) electrons. The van der Waals surface area contributed by atoms with Crippen LogP contribution in [0.25, 0.3) is 0 Å². The molecule has 0 aromatic heterocycles. The molecule has 0 spiro atoms. The molecule has 0 fully saturated rings. The Kier molecular flexibility index (Phi) is 3.69. The Morgan fingerprint density at radius 2 is 2.07 bits per heavy atom. The molecule has 5 heteroatoms. The minimum atomic E-state index is -2.81. The first kappa shape index (κ1) is 11.5. The molecule has 0 saturated heterocycles. The van der Waals surface area contributed by atoms with Crippen molar-refractivity contribution >= 4 is 9.73 Å². The lowest BCUT2D eigenvalue weighted by molar-refractivity contribution is 0.414. The normalized spacial score (nSPS) is 13.9. The van der Waals surface area contributed by atoms with Gasteiger partial charge in [-0.05, 0) is 17.7 Å². The molecule has 80 valence electrons. The zero-order valence-electron chi connectivity index (χ0n) is 8.40. The molecular formula is C10H12N2O2S. The van der Waals surface area contributed by atoms with E-state index in [-0.39, 0.29) is 11.5 Å². The number of rotatable bonds is 4. The summed E-state index contributed by atoms with van der Waals surface area (Å²) in [5, 5.41) is 8.39. The van der Waals surface area contributed by atoms with Crippen molar-refractivity contribution < 1.29 is 8.95 Å². The Hall–Kier alpha value is -1.54. The van der Waals surface area contributed by atoms with Crippen molar-refractivity contribution in [3.8, 4) is 11.8 Å². The van der Waals surface area contributed by atoms with Gasteiger partial charge in [-0.15, -0.1) is 0 Å². The van der Waals surface area contributed by atoms with Crippen LogP contribution in [0.3, 0.4) is 0 Å². The van der Waals surface area contributed by atoms with E-state index in [1.165, 1.54) is 0 Å². The maximum atomic E-state index is 11.5. The lowest BCUT2D eigenvalue weighted by Gasteiger charge is -2.04. The average molecular weight is 224 g/mol. The lowest BCUT2D eigenvalue weighted by Crippen LogP contribution is -2.05. The number of benzene rings is 1. The van der Waals surface area contributed by atoms with Gasteiger partial charge in [0.05, 0.1) is 28.7 Å². The molecule has 0 aliphatic rings. The predicted octanol–water partition coefficient (Wildman–Crippen LogP) is 1.77. The van der Waals surface area contributed by atoms with E-state index in [1.54, 1.807) is 37.4 Å². The molecule has 15 heavy (non-hydrogen) atoms. The summed E-state index contributed by atoms with van der Waals surface area (Å²) in [4.78, 5) is 0. The van der Waals surface area contributed by atoms with Crippen molar-refractivity contribution in [3.63, 3.8) is 0 Å². The minimum absolute atomic E-state index is 0.116. The third-order valence-corrected chi connectivity index (χ3v) is 3.25. The Morgan fingerprint density at radius 1 is 1.47 bits per heavy atom. The van der Waals surface area contributed by atoms with E-state index in [2.05, 4.69) is 0 Å². The second kappa shape index (κ2) is 4.80. The van der Waals surface area contributed by atoms with Crippen molar-refractivity contribution in [1.82, 2.24) is 0 Å². The fourth-order valence-electron chi connectivity index (χ4n) is 1.15. The van der Waals surface area contributed by atoms with E-state index in [4.69, 9.17) is 14.8 Å². The number of nitrogens with one attached hydrogen (secondary N) is 1. The zero-order valence-corrected chi connectivity index (χ0v) is 9.21. The molecule has 0 heterocycles. The maximum absolute atomic E-state index is 11.5. The van der Waals surface area contributed by atoms with Crippen LogP contribution in [0.15, 0.2) is 24.3 Å². The molecule has 0 bridgehead atoms. The summed E-state index contributed by atoms with van der Waals surface area (Å²) in [5.74, 6) is 0.611. The zero-order chi connectivity index (χ0) is 11.3. The molecule has 1 N–H and O–H groups in total. The second-order valence-electron chi connectivity index (χ2n) is 3.11. The van der Waals surface area contributed by atoms with Crippen LogP contribution in [-0.4, -0.2) is 17.1 Å². The average Bonchev–Trinajstić information content (AvgIpc) is 2.18. The highest BCUT2D eigenvalue weighted by Crippen LogP contribution is 2.13. The van der Waals surface area contributed by atoms with Crippen LogP contribution in [0.4, 0.5) is 0 Å². The standard InChI is InChI=1S/C10H12N2O2S/c1-14-10-4-2-9(3-5-10)8-15(12,13)7-6-11/h2-5,12H,7-8H2,1H3. The van der Waals surface area contributed by atoms with E-state index >= 15 is 0 Å². The van der Waals surface area contributed by atoms with Crippen molar-refractivity contribution in [2.24, 2.45) is 0 Å². The van der Waals surface area contributed by atoms with Crippen molar-refractivity contribution in [2.75, 3.05) is 12.9 Å². The Morgan fingerprint density at radius 3 is 2.53 bits per heavy atom.